The lowest BCUT2D eigenvalue weighted by Gasteiger charge is -2.11. The van der Waals surface area contributed by atoms with E-state index < -0.39 is 24.1 Å². The smallest absolute Gasteiger partial charge is 0.337 e. The topological polar surface area (TPSA) is 129 Å². The van der Waals surface area contributed by atoms with Gasteiger partial charge in [0.2, 0.25) is 0 Å². The van der Waals surface area contributed by atoms with E-state index in [1.165, 1.54) is 0 Å². The van der Waals surface area contributed by atoms with Crippen molar-refractivity contribution in [2.24, 2.45) is 0 Å². The minimum Gasteiger partial charge on any atom is -0.491 e. The van der Waals surface area contributed by atoms with Crippen molar-refractivity contribution in [3.63, 3.8) is 0 Å². The number of cyclic esters (lactones) is 1. The van der Waals surface area contributed by atoms with E-state index in [0.717, 1.165) is 12.5 Å². The van der Waals surface area contributed by atoms with E-state index in [1.807, 2.05) is 18.2 Å². The number of para-hydroxylation sites is 1. The maximum atomic E-state index is 11.3. The normalized spacial score (nSPS) is 14.7. The summed E-state index contributed by atoms with van der Waals surface area (Å²) < 4.78 is 19.6. The van der Waals surface area contributed by atoms with Crippen LogP contribution in [0.2, 0.25) is 0 Å². The van der Waals surface area contributed by atoms with Crippen LogP contribution in [0.1, 0.15) is 40.5 Å². The van der Waals surface area contributed by atoms with Crippen molar-refractivity contribution in [2.75, 3.05) is 26.4 Å². The highest BCUT2D eigenvalue weighted by Gasteiger charge is 2.31. The number of benzene rings is 1. The Morgan fingerprint density at radius 3 is 2.38 bits per heavy atom. The molecule has 34 heavy (non-hydrogen) atoms. The van der Waals surface area contributed by atoms with Crippen molar-refractivity contribution >= 4 is 17.9 Å². The quantitative estimate of drug-likeness (QED) is 0.200. The van der Waals surface area contributed by atoms with Crippen LogP contribution in [0.3, 0.4) is 0 Å². The lowest BCUT2D eigenvalue weighted by Crippen LogP contribution is -2.24. The van der Waals surface area contributed by atoms with Crippen LogP contribution in [0.5, 0.6) is 5.75 Å². The molecule has 9 heteroatoms. The Morgan fingerprint density at radius 2 is 1.82 bits per heavy atom. The lowest BCUT2D eigenvalue weighted by molar-refractivity contribution is -0.148. The molecule has 0 aromatic heterocycles. The first-order chi connectivity index (χ1) is 15.4. The number of aliphatic hydroxyl groups excluding tert-OH is 2. The fourth-order valence-corrected chi connectivity index (χ4v) is 2.35. The van der Waals surface area contributed by atoms with Crippen LogP contribution >= 0.6 is 0 Å². The van der Waals surface area contributed by atoms with Gasteiger partial charge in [0, 0.05) is 19.1 Å². The number of carbonyl (C=O) groups excluding carboxylic acids is 3. The number of unbranched alkanes of at least 4 members (excludes halogenated alkanes) is 2. The van der Waals surface area contributed by atoms with Gasteiger partial charge in [-0.1, -0.05) is 52.6 Å². The van der Waals surface area contributed by atoms with Crippen molar-refractivity contribution in [1.82, 2.24) is 0 Å². The summed E-state index contributed by atoms with van der Waals surface area (Å²) in [5.74, 6) is -0.754. The average Bonchev–Trinajstić information content (AvgIpc) is 3.12. The number of hydrogen-bond donors (Lipinski definition) is 2. The number of aliphatic hydroxyl groups is 2. The van der Waals surface area contributed by atoms with Gasteiger partial charge in [0.05, 0.1) is 5.57 Å². The Kier molecular flexibility index (Phi) is 18.7. The molecule has 1 heterocycles. The summed E-state index contributed by atoms with van der Waals surface area (Å²) in [6.07, 6.45) is 2.01. The summed E-state index contributed by atoms with van der Waals surface area (Å²) in [5, 5.41) is 18.0. The van der Waals surface area contributed by atoms with Crippen LogP contribution in [0, 0.1) is 0 Å². The van der Waals surface area contributed by atoms with Gasteiger partial charge in [0.25, 0.3) is 0 Å². The molecular formula is C25H38O9. The molecule has 1 saturated heterocycles. The highest BCUT2D eigenvalue weighted by atomic mass is 16.6. The summed E-state index contributed by atoms with van der Waals surface area (Å²) in [6, 6.07) is 9.10. The summed E-state index contributed by atoms with van der Waals surface area (Å²) in [5.41, 5.74) is 0.198. The fraction of sp³-hybridized carbons (Fsp3) is 0.480. The van der Waals surface area contributed by atoms with E-state index in [2.05, 4.69) is 22.6 Å². The number of ether oxygens (including phenoxy) is 4. The third kappa shape index (κ3) is 14.1. The molecule has 9 nitrogen and oxygen atoms in total. The van der Waals surface area contributed by atoms with Gasteiger partial charge < -0.3 is 29.2 Å². The number of hydrogen-bond acceptors (Lipinski definition) is 9. The molecule has 1 aliphatic heterocycles. The van der Waals surface area contributed by atoms with Crippen LogP contribution in [-0.2, 0) is 28.6 Å². The molecule has 2 atom stereocenters. The molecule has 1 aromatic carbocycles. The van der Waals surface area contributed by atoms with Gasteiger partial charge in [-0.3, -0.25) is 4.79 Å². The molecule has 0 amide bonds. The lowest BCUT2D eigenvalue weighted by atomic mass is 10.2. The molecule has 0 saturated carbocycles. The number of carbonyl (C=O) groups is 3. The first-order valence-electron chi connectivity index (χ1n) is 10.2. The maximum Gasteiger partial charge on any atom is 0.337 e. The molecular weight excluding hydrogens is 444 g/mol. The predicted octanol–water partition coefficient (Wildman–Crippen LogP) is 2.99. The predicted molar refractivity (Wildman–Crippen MR) is 128 cm³/mol. The molecule has 2 rings (SSSR count). The van der Waals surface area contributed by atoms with E-state index in [1.54, 1.807) is 12.1 Å². The van der Waals surface area contributed by atoms with Crippen molar-refractivity contribution in [1.29, 1.82) is 0 Å². The molecule has 192 valence electrons. The van der Waals surface area contributed by atoms with Gasteiger partial charge in [0.1, 0.15) is 31.7 Å². The summed E-state index contributed by atoms with van der Waals surface area (Å²) in [6.45, 7) is 6.92. The monoisotopic (exact) mass is 482 g/mol. The molecule has 2 unspecified atom stereocenters. The zero-order valence-electron chi connectivity index (χ0n) is 17.9. The van der Waals surface area contributed by atoms with Crippen molar-refractivity contribution in [2.45, 2.75) is 52.7 Å². The SMILES string of the molecule is C.C.C=C1C(=O)OCC1OC(=O)CCCCCO.C=CC(=O)OCC(O)COc1ccccc1. The van der Waals surface area contributed by atoms with E-state index >= 15 is 0 Å². The molecule has 0 radical (unpaired) electrons. The third-order valence-corrected chi connectivity index (χ3v) is 4.10. The summed E-state index contributed by atoms with van der Waals surface area (Å²) in [4.78, 5) is 32.9. The second-order valence-corrected chi connectivity index (χ2v) is 6.75. The highest BCUT2D eigenvalue weighted by Crippen LogP contribution is 2.16. The average molecular weight is 483 g/mol. The first kappa shape index (κ1) is 33.0. The van der Waals surface area contributed by atoms with Gasteiger partial charge in [0.15, 0.2) is 6.10 Å². The highest BCUT2D eigenvalue weighted by molar-refractivity contribution is 5.91. The molecule has 1 aliphatic rings. The van der Waals surface area contributed by atoms with E-state index in [4.69, 9.17) is 14.6 Å². The van der Waals surface area contributed by atoms with E-state index in [-0.39, 0.29) is 59.2 Å². The van der Waals surface area contributed by atoms with Gasteiger partial charge in [-0.15, -0.1) is 0 Å². The standard InChI is InChI=1S/C12H14O4.C11H16O5.2CH4/c1-2-12(14)16-9-10(13)8-15-11-6-4-3-5-7-11;1-8-9(7-15-11(8)14)16-10(13)5-3-2-4-6-12;;/h2-7,10,13H,1,8-9H2;9,12H,1-7H2;2*1H4. The minimum absolute atomic E-state index is 0. The molecule has 0 aliphatic carbocycles. The van der Waals surface area contributed by atoms with Crippen LogP contribution < -0.4 is 4.74 Å². The number of rotatable bonds is 12. The van der Waals surface area contributed by atoms with Gasteiger partial charge in [-0.05, 0) is 25.0 Å². The maximum absolute atomic E-state index is 11.3. The van der Waals surface area contributed by atoms with Crippen LogP contribution in [0.25, 0.3) is 0 Å². The molecule has 0 spiro atoms. The second kappa shape index (κ2) is 19.3. The number of esters is 3. The van der Waals surface area contributed by atoms with Crippen molar-refractivity contribution in [3.05, 3.63) is 55.1 Å². The van der Waals surface area contributed by atoms with E-state index in [9.17, 15) is 19.5 Å². The van der Waals surface area contributed by atoms with Gasteiger partial charge in [-0.2, -0.15) is 0 Å². The van der Waals surface area contributed by atoms with Gasteiger partial charge in [-0.25, -0.2) is 9.59 Å². The fourth-order valence-electron chi connectivity index (χ4n) is 2.35. The molecule has 0 bridgehead atoms. The van der Waals surface area contributed by atoms with E-state index in [0.29, 0.717) is 18.6 Å². The summed E-state index contributed by atoms with van der Waals surface area (Å²) in [7, 11) is 0. The Bertz CT molecular complexity index is 746. The second-order valence-electron chi connectivity index (χ2n) is 6.75. The summed E-state index contributed by atoms with van der Waals surface area (Å²) >= 11 is 0. The zero-order chi connectivity index (χ0) is 23.8. The van der Waals surface area contributed by atoms with Gasteiger partial charge >= 0.3 is 17.9 Å². The van der Waals surface area contributed by atoms with Crippen LogP contribution in [0.4, 0.5) is 0 Å². The first-order valence-corrected chi connectivity index (χ1v) is 10.2. The van der Waals surface area contributed by atoms with Crippen molar-refractivity contribution in [3.8, 4) is 5.75 Å². The van der Waals surface area contributed by atoms with Crippen LogP contribution in [0.15, 0.2) is 55.1 Å². The Morgan fingerprint density at radius 1 is 1.15 bits per heavy atom. The largest absolute Gasteiger partial charge is 0.491 e. The molecule has 1 fully saturated rings. The molecule has 1 aromatic rings. The zero-order valence-corrected chi connectivity index (χ0v) is 17.9. The Hall–Kier alpha value is -3.17. The Labute approximate surface area is 202 Å². The molecule has 2 N–H and O–H groups in total. The Balaban J connectivity index is 0. The third-order valence-electron chi connectivity index (χ3n) is 4.10. The van der Waals surface area contributed by atoms with Crippen molar-refractivity contribution < 1.29 is 43.5 Å². The van der Waals surface area contributed by atoms with Crippen LogP contribution in [-0.4, -0.2) is 66.8 Å². The minimum atomic E-state index is -0.843.